The Labute approximate surface area is 139 Å². The molecule has 7 nitrogen and oxygen atoms in total. The van der Waals surface area contributed by atoms with Gasteiger partial charge in [0.15, 0.2) is 0 Å². The van der Waals surface area contributed by atoms with Gasteiger partial charge in [-0.25, -0.2) is 9.50 Å². The molecule has 0 aromatic carbocycles. The second-order valence-corrected chi connectivity index (χ2v) is 6.12. The summed E-state index contributed by atoms with van der Waals surface area (Å²) >= 11 is 0. The van der Waals surface area contributed by atoms with Crippen molar-refractivity contribution in [1.82, 2.24) is 29.5 Å². The van der Waals surface area contributed by atoms with Crippen molar-refractivity contribution in [3.63, 3.8) is 0 Å². The first-order chi connectivity index (χ1) is 11.6. The van der Waals surface area contributed by atoms with Crippen LogP contribution < -0.4 is 0 Å². The van der Waals surface area contributed by atoms with Gasteiger partial charge >= 0.3 is 0 Å². The standard InChI is InChI=1S/C17H18N6O/c1-11-10-12(2)23-17(19-11)20-15(21-23)16(24)22-9-3-4-14(22)13-5-7-18-8-6-13/h5-8,10,14H,3-4,9H2,1-2H3. The molecule has 1 saturated heterocycles. The molecule has 1 fully saturated rings. The van der Waals surface area contributed by atoms with E-state index in [1.165, 1.54) is 0 Å². The van der Waals surface area contributed by atoms with Crippen LogP contribution in [0.2, 0.25) is 0 Å². The summed E-state index contributed by atoms with van der Waals surface area (Å²) in [6.07, 6.45) is 5.44. The molecule has 0 bridgehead atoms. The van der Waals surface area contributed by atoms with Gasteiger partial charge in [-0.2, -0.15) is 4.98 Å². The number of pyridine rings is 1. The van der Waals surface area contributed by atoms with E-state index >= 15 is 0 Å². The molecule has 4 rings (SSSR count). The van der Waals surface area contributed by atoms with Gasteiger partial charge in [0, 0.05) is 30.3 Å². The smallest absolute Gasteiger partial charge is 0.294 e. The van der Waals surface area contributed by atoms with Crippen LogP contribution in [0.5, 0.6) is 0 Å². The van der Waals surface area contributed by atoms with Gasteiger partial charge in [-0.3, -0.25) is 9.78 Å². The largest absolute Gasteiger partial charge is 0.329 e. The SMILES string of the molecule is Cc1cc(C)n2nc(C(=O)N3CCCC3c3ccncc3)nc2n1. The molecule has 1 aliphatic rings. The molecule has 0 saturated carbocycles. The highest BCUT2D eigenvalue weighted by Gasteiger charge is 2.32. The predicted molar refractivity (Wildman–Crippen MR) is 87.5 cm³/mol. The van der Waals surface area contributed by atoms with Gasteiger partial charge in [-0.1, -0.05) is 0 Å². The van der Waals surface area contributed by atoms with E-state index in [2.05, 4.69) is 20.1 Å². The molecule has 0 radical (unpaired) electrons. The van der Waals surface area contributed by atoms with Gasteiger partial charge in [0.1, 0.15) is 0 Å². The average Bonchev–Trinajstić information content (AvgIpc) is 3.22. The zero-order chi connectivity index (χ0) is 16.7. The Balaban J connectivity index is 1.69. The lowest BCUT2D eigenvalue weighted by Crippen LogP contribution is -2.31. The van der Waals surface area contributed by atoms with E-state index in [1.807, 2.05) is 36.9 Å². The Hall–Kier alpha value is -2.83. The first-order valence-electron chi connectivity index (χ1n) is 8.05. The Bertz CT molecular complexity index is 904. The maximum absolute atomic E-state index is 12.9. The maximum Gasteiger partial charge on any atom is 0.294 e. The van der Waals surface area contributed by atoms with Crippen molar-refractivity contribution in [1.29, 1.82) is 0 Å². The number of rotatable bonds is 2. The zero-order valence-corrected chi connectivity index (χ0v) is 13.7. The van der Waals surface area contributed by atoms with E-state index in [9.17, 15) is 4.79 Å². The number of aromatic nitrogens is 5. The summed E-state index contributed by atoms with van der Waals surface area (Å²) in [5.74, 6) is 0.532. The minimum absolute atomic E-state index is 0.0582. The van der Waals surface area contributed by atoms with E-state index in [0.717, 1.165) is 29.8 Å². The molecule has 1 amide bonds. The van der Waals surface area contributed by atoms with Crippen molar-refractivity contribution in [2.75, 3.05) is 6.54 Å². The number of carbonyl (C=O) groups is 1. The van der Waals surface area contributed by atoms with Crippen LogP contribution >= 0.6 is 0 Å². The number of amides is 1. The fourth-order valence-corrected chi connectivity index (χ4v) is 3.33. The van der Waals surface area contributed by atoms with Gasteiger partial charge in [-0.05, 0) is 50.5 Å². The third-order valence-corrected chi connectivity index (χ3v) is 4.41. The molecule has 3 aromatic heterocycles. The van der Waals surface area contributed by atoms with Gasteiger partial charge in [0.25, 0.3) is 11.7 Å². The van der Waals surface area contributed by atoms with E-state index in [1.54, 1.807) is 16.9 Å². The second kappa shape index (κ2) is 5.67. The monoisotopic (exact) mass is 322 g/mol. The van der Waals surface area contributed by atoms with Crippen LogP contribution in [0.25, 0.3) is 5.78 Å². The minimum atomic E-state index is -0.142. The lowest BCUT2D eigenvalue weighted by molar-refractivity contribution is 0.0723. The van der Waals surface area contributed by atoms with Gasteiger partial charge < -0.3 is 4.90 Å². The molecule has 0 aliphatic carbocycles. The summed E-state index contributed by atoms with van der Waals surface area (Å²) in [6.45, 7) is 4.55. The normalized spacial score (nSPS) is 17.6. The summed E-state index contributed by atoms with van der Waals surface area (Å²) in [7, 11) is 0. The Morgan fingerprint density at radius 3 is 2.79 bits per heavy atom. The minimum Gasteiger partial charge on any atom is -0.329 e. The van der Waals surface area contributed by atoms with Gasteiger partial charge in [0.05, 0.1) is 6.04 Å². The molecule has 3 aromatic rings. The van der Waals surface area contributed by atoms with E-state index in [-0.39, 0.29) is 17.8 Å². The summed E-state index contributed by atoms with van der Waals surface area (Å²) in [4.78, 5) is 27.5. The molecule has 1 unspecified atom stereocenters. The maximum atomic E-state index is 12.9. The molecule has 0 N–H and O–H groups in total. The number of nitrogens with zero attached hydrogens (tertiary/aromatic N) is 6. The lowest BCUT2D eigenvalue weighted by atomic mass is 10.1. The fraction of sp³-hybridized carbons (Fsp3) is 0.353. The zero-order valence-electron chi connectivity index (χ0n) is 13.7. The van der Waals surface area contributed by atoms with Gasteiger partial charge in [-0.15, -0.1) is 5.10 Å². The van der Waals surface area contributed by atoms with Crippen LogP contribution in [0.4, 0.5) is 0 Å². The molecule has 1 aliphatic heterocycles. The summed E-state index contributed by atoms with van der Waals surface area (Å²) in [5.41, 5.74) is 2.88. The van der Waals surface area contributed by atoms with Crippen LogP contribution in [0, 0.1) is 13.8 Å². The first-order valence-corrected chi connectivity index (χ1v) is 8.05. The Morgan fingerprint density at radius 2 is 2.00 bits per heavy atom. The number of hydrogen-bond donors (Lipinski definition) is 0. The van der Waals surface area contributed by atoms with E-state index < -0.39 is 0 Å². The van der Waals surface area contributed by atoms with Crippen molar-refractivity contribution in [2.24, 2.45) is 0 Å². The topological polar surface area (TPSA) is 76.3 Å². The number of fused-ring (bicyclic) bond motifs is 1. The quantitative estimate of drug-likeness (QED) is 0.722. The number of carbonyl (C=O) groups excluding carboxylic acids is 1. The molecule has 122 valence electrons. The van der Waals surface area contributed by atoms with Crippen molar-refractivity contribution >= 4 is 11.7 Å². The highest BCUT2D eigenvalue weighted by Crippen LogP contribution is 2.32. The van der Waals surface area contributed by atoms with Crippen LogP contribution in [0.1, 0.15) is 46.5 Å². The Morgan fingerprint density at radius 1 is 1.21 bits per heavy atom. The fourth-order valence-electron chi connectivity index (χ4n) is 3.33. The van der Waals surface area contributed by atoms with Crippen molar-refractivity contribution in [2.45, 2.75) is 32.7 Å². The van der Waals surface area contributed by atoms with Crippen LogP contribution in [0.15, 0.2) is 30.6 Å². The van der Waals surface area contributed by atoms with Crippen molar-refractivity contribution in [3.8, 4) is 0 Å². The van der Waals surface area contributed by atoms with Crippen molar-refractivity contribution < 1.29 is 4.79 Å². The summed E-state index contributed by atoms with van der Waals surface area (Å²) in [6, 6.07) is 5.90. The number of hydrogen-bond acceptors (Lipinski definition) is 5. The van der Waals surface area contributed by atoms with Crippen LogP contribution in [0.3, 0.4) is 0 Å². The highest BCUT2D eigenvalue weighted by atomic mass is 16.2. The average molecular weight is 322 g/mol. The number of aryl methyl sites for hydroxylation is 2. The molecular formula is C17H18N6O. The lowest BCUT2D eigenvalue weighted by Gasteiger charge is -2.23. The molecule has 24 heavy (non-hydrogen) atoms. The summed E-state index contributed by atoms with van der Waals surface area (Å²) in [5, 5.41) is 4.37. The van der Waals surface area contributed by atoms with Crippen molar-refractivity contribution in [3.05, 3.63) is 53.4 Å². The molecule has 4 heterocycles. The molecule has 0 spiro atoms. The summed E-state index contributed by atoms with van der Waals surface area (Å²) < 4.78 is 1.62. The van der Waals surface area contributed by atoms with Gasteiger partial charge in [0.2, 0.25) is 5.82 Å². The highest BCUT2D eigenvalue weighted by molar-refractivity contribution is 5.91. The Kier molecular flexibility index (Phi) is 3.48. The molecule has 1 atom stereocenters. The van der Waals surface area contributed by atoms with E-state index in [4.69, 9.17) is 0 Å². The third kappa shape index (κ3) is 2.42. The van der Waals surface area contributed by atoms with Crippen LogP contribution in [-0.4, -0.2) is 41.9 Å². The molecular weight excluding hydrogens is 304 g/mol. The third-order valence-electron chi connectivity index (χ3n) is 4.41. The number of likely N-dealkylation sites (tertiary alicyclic amines) is 1. The predicted octanol–water partition coefficient (Wildman–Crippen LogP) is 2.11. The molecule has 7 heteroatoms. The first kappa shape index (κ1) is 14.7. The second-order valence-electron chi connectivity index (χ2n) is 6.12. The van der Waals surface area contributed by atoms with E-state index in [0.29, 0.717) is 12.3 Å². The van der Waals surface area contributed by atoms with Crippen LogP contribution in [-0.2, 0) is 0 Å².